The van der Waals surface area contributed by atoms with Crippen molar-refractivity contribution in [2.75, 3.05) is 6.61 Å². The van der Waals surface area contributed by atoms with E-state index in [1.54, 1.807) is 0 Å². The number of carbonyl (C=O) groups excluding carboxylic acids is 1. The second kappa shape index (κ2) is 6.02. The molecule has 0 aromatic carbocycles. The molecule has 7 heteroatoms. The van der Waals surface area contributed by atoms with E-state index in [9.17, 15) is 15.0 Å². The summed E-state index contributed by atoms with van der Waals surface area (Å²) in [4.78, 5) is 10.2. The quantitative estimate of drug-likeness (QED) is 0.394. The van der Waals surface area contributed by atoms with Crippen LogP contribution in [-0.2, 0) is 9.53 Å². The van der Waals surface area contributed by atoms with Crippen LogP contribution in [0.4, 0.5) is 0 Å². The number of rotatable bonds is 2. The normalized spacial score (nSPS) is 37.4. The first kappa shape index (κ1) is 14.3. The van der Waals surface area contributed by atoms with E-state index in [-0.39, 0.29) is 36.2 Å². The standard InChI is InChI=1S/C7H12O6.Na/c8-3-2-13-4(1-5(9)10)7(12)6(3)11;/h3-4,6-8,11-12H,1-2H2,(H,9,10);/q;+1/p-1. The summed E-state index contributed by atoms with van der Waals surface area (Å²) in [6, 6.07) is 0. The zero-order valence-corrected chi connectivity index (χ0v) is 9.79. The first-order valence-corrected chi connectivity index (χ1v) is 3.88. The van der Waals surface area contributed by atoms with Crippen molar-refractivity contribution < 1.29 is 59.5 Å². The summed E-state index contributed by atoms with van der Waals surface area (Å²) >= 11 is 0. The molecular formula is C7H11NaO6. The second-order valence-corrected chi connectivity index (χ2v) is 3.00. The molecule has 0 aliphatic carbocycles. The SMILES string of the molecule is O=C([O-])CC1OCC(O)C(O)C1O.[Na+]. The van der Waals surface area contributed by atoms with Crippen LogP contribution in [0.1, 0.15) is 6.42 Å². The Kier molecular flexibility index (Phi) is 6.15. The van der Waals surface area contributed by atoms with Crippen molar-refractivity contribution >= 4 is 5.97 Å². The van der Waals surface area contributed by atoms with Crippen molar-refractivity contribution in [1.29, 1.82) is 0 Å². The average Bonchev–Trinajstić information content (AvgIpc) is 2.06. The molecule has 0 radical (unpaired) electrons. The van der Waals surface area contributed by atoms with Crippen LogP contribution in [0.5, 0.6) is 0 Å². The fourth-order valence-electron chi connectivity index (χ4n) is 1.21. The monoisotopic (exact) mass is 214 g/mol. The third-order valence-corrected chi connectivity index (χ3v) is 1.97. The number of hydrogen-bond donors (Lipinski definition) is 3. The molecule has 0 aromatic rings. The van der Waals surface area contributed by atoms with Crippen LogP contribution in [0.15, 0.2) is 0 Å². The average molecular weight is 214 g/mol. The molecule has 0 aromatic heterocycles. The molecule has 1 heterocycles. The Bertz CT molecular complexity index is 199. The Morgan fingerprint density at radius 1 is 1.36 bits per heavy atom. The fraction of sp³-hybridized carbons (Fsp3) is 0.857. The molecule has 4 unspecified atom stereocenters. The minimum atomic E-state index is -1.39. The Morgan fingerprint density at radius 3 is 2.43 bits per heavy atom. The third-order valence-electron chi connectivity index (χ3n) is 1.97. The van der Waals surface area contributed by atoms with Crippen molar-refractivity contribution in [2.45, 2.75) is 30.8 Å². The predicted molar refractivity (Wildman–Crippen MR) is 37.4 cm³/mol. The third kappa shape index (κ3) is 3.47. The van der Waals surface area contributed by atoms with Crippen molar-refractivity contribution in [3.8, 4) is 0 Å². The molecule has 1 saturated heterocycles. The molecule has 0 amide bonds. The van der Waals surface area contributed by atoms with Gasteiger partial charge in [0.25, 0.3) is 0 Å². The Hall–Kier alpha value is 0.310. The van der Waals surface area contributed by atoms with Gasteiger partial charge in [0.1, 0.15) is 18.3 Å². The van der Waals surface area contributed by atoms with Crippen molar-refractivity contribution in [1.82, 2.24) is 0 Å². The van der Waals surface area contributed by atoms with Crippen molar-refractivity contribution in [2.24, 2.45) is 0 Å². The maximum atomic E-state index is 10.2. The number of carbonyl (C=O) groups is 1. The van der Waals surface area contributed by atoms with Gasteiger partial charge in [0.2, 0.25) is 0 Å². The maximum absolute atomic E-state index is 10.2. The van der Waals surface area contributed by atoms with E-state index in [2.05, 4.69) is 0 Å². The summed E-state index contributed by atoms with van der Waals surface area (Å²) in [6.07, 6.45) is -5.43. The number of hydrogen-bond acceptors (Lipinski definition) is 6. The number of carboxylic acid groups (broad SMARTS) is 1. The van der Waals surface area contributed by atoms with Gasteiger partial charge in [0.05, 0.1) is 12.7 Å². The summed E-state index contributed by atoms with van der Waals surface area (Å²) in [5, 5.41) is 37.5. The smallest absolute Gasteiger partial charge is 0.550 e. The molecule has 1 fully saturated rings. The Morgan fingerprint density at radius 2 is 1.93 bits per heavy atom. The largest absolute Gasteiger partial charge is 1.00 e. The molecule has 1 aliphatic heterocycles. The molecule has 1 rings (SSSR count). The minimum absolute atomic E-state index is 0. The molecule has 6 nitrogen and oxygen atoms in total. The first-order chi connectivity index (χ1) is 6.02. The van der Waals surface area contributed by atoms with E-state index in [1.165, 1.54) is 0 Å². The van der Waals surface area contributed by atoms with Crippen molar-refractivity contribution in [3.05, 3.63) is 0 Å². The molecule has 1 aliphatic rings. The summed E-state index contributed by atoms with van der Waals surface area (Å²) in [7, 11) is 0. The van der Waals surface area contributed by atoms with E-state index in [4.69, 9.17) is 14.9 Å². The zero-order valence-electron chi connectivity index (χ0n) is 7.79. The molecule has 0 bridgehead atoms. The van der Waals surface area contributed by atoms with E-state index < -0.39 is 36.8 Å². The second-order valence-electron chi connectivity index (χ2n) is 3.00. The molecule has 0 saturated carbocycles. The molecule has 14 heavy (non-hydrogen) atoms. The topological polar surface area (TPSA) is 110 Å². The first-order valence-electron chi connectivity index (χ1n) is 3.88. The Labute approximate surface area is 103 Å². The Balaban J connectivity index is 0.00000169. The minimum Gasteiger partial charge on any atom is -0.550 e. The summed E-state index contributed by atoms with van der Waals surface area (Å²) in [6.45, 7) is -0.184. The number of carboxylic acids is 1. The van der Waals surface area contributed by atoms with Crippen LogP contribution in [0.3, 0.4) is 0 Å². The fourth-order valence-corrected chi connectivity index (χ4v) is 1.21. The number of aliphatic hydroxyl groups is 3. The van der Waals surface area contributed by atoms with Gasteiger partial charge in [-0.25, -0.2) is 0 Å². The van der Waals surface area contributed by atoms with Gasteiger partial charge in [-0.15, -0.1) is 0 Å². The molecule has 0 spiro atoms. The summed E-state index contributed by atoms with van der Waals surface area (Å²) < 4.78 is 4.80. The van der Waals surface area contributed by atoms with E-state index >= 15 is 0 Å². The number of aliphatic hydroxyl groups excluding tert-OH is 3. The number of ether oxygens (including phenoxy) is 1. The molecular weight excluding hydrogens is 203 g/mol. The van der Waals surface area contributed by atoms with Gasteiger partial charge in [-0.05, 0) is 0 Å². The van der Waals surface area contributed by atoms with Gasteiger partial charge in [0, 0.05) is 12.4 Å². The van der Waals surface area contributed by atoms with Gasteiger partial charge in [-0.2, -0.15) is 0 Å². The van der Waals surface area contributed by atoms with Crippen LogP contribution in [0.25, 0.3) is 0 Å². The summed E-state index contributed by atoms with van der Waals surface area (Å²) in [5.74, 6) is -1.37. The van der Waals surface area contributed by atoms with Crippen molar-refractivity contribution in [3.63, 3.8) is 0 Å². The van der Waals surface area contributed by atoms with E-state index in [1.807, 2.05) is 0 Å². The van der Waals surface area contributed by atoms with Gasteiger partial charge < -0.3 is 30.0 Å². The van der Waals surface area contributed by atoms with E-state index in [0.717, 1.165) is 0 Å². The van der Waals surface area contributed by atoms with Crippen LogP contribution >= 0.6 is 0 Å². The number of aliphatic carboxylic acids is 1. The van der Waals surface area contributed by atoms with Gasteiger partial charge in [0.15, 0.2) is 0 Å². The maximum Gasteiger partial charge on any atom is 1.00 e. The molecule has 3 N–H and O–H groups in total. The van der Waals surface area contributed by atoms with Gasteiger partial charge >= 0.3 is 29.6 Å². The van der Waals surface area contributed by atoms with Crippen LogP contribution in [0.2, 0.25) is 0 Å². The zero-order chi connectivity index (χ0) is 10.0. The van der Waals surface area contributed by atoms with Gasteiger partial charge in [-0.1, -0.05) is 0 Å². The molecule has 76 valence electrons. The summed E-state index contributed by atoms with van der Waals surface area (Å²) in [5.41, 5.74) is 0. The molecule has 4 atom stereocenters. The van der Waals surface area contributed by atoms with Crippen LogP contribution < -0.4 is 34.7 Å². The predicted octanol–water partition coefficient (Wildman–Crippen LogP) is -6.39. The van der Waals surface area contributed by atoms with E-state index in [0.29, 0.717) is 0 Å². The van der Waals surface area contributed by atoms with Crippen LogP contribution in [0, 0.1) is 0 Å². The van der Waals surface area contributed by atoms with Crippen LogP contribution in [-0.4, -0.2) is 52.3 Å². The van der Waals surface area contributed by atoms with Gasteiger partial charge in [-0.3, -0.25) is 0 Å².